The fourth-order valence-electron chi connectivity index (χ4n) is 1.41. The first-order chi connectivity index (χ1) is 6.35. The quantitative estimate of drug-likeness (QED) is 0.621. The second kappa shape index (κ2) is 10.6. The average Bonchev–Trinajstić information content (AvgIpc) is 2.17. The van der Waals surface area contributed by atoms with Crippen molar-refractivity contribution in [3.05, 3.63) is 0 Å². The van der Waals surface area contributed by atoms with Crippen molar-refractivity contribution in [1.82, 2.24) is 0 Å². The molecule has 0 unspecified atom stereocenters. The Morgan fingerprint density at radius 2 is 1.31 bits per heavy atom. The zero-order valence-electron chi connectivity index (χ0n) is 9.39. The first-order valence-electron chi connectivity index (χ1n) is 5.77. The molecule has 0 amide bonds. The Hall–Kier alpha value is 0.518. The van der Waals surface area contributed by atoms with E-state index < -0.39 is 14.7 Å². The van der Waals surface area contributed by atoms with Crippen LogP contribution in [0.15, 0.2) is 0 Å². The van der Waals surface area contributed by atoms with Gasteiger partial charge >= 0.3 is 88.5 Å². The summed E-state index contributed by atoms with van der Waals surface area (Å²) in [5.74, 6) is 0. The van der Waals surface area contributed by atoms with Crippen LogP contribution in [0.2, 0.25) is 15.6 Å². The van der Waals surface area contributed by atoms with E-state index in [0.717, 1.165) is 6.54 Å². The molecule has 0 radical (unpaired) electrons. The molecule has 80 valence electrons. The maximum atomic E-state index is 5.56. The van der Waals surface area contributed by atoms with E-state index in [2.05, 4.69) is 13.8 Å². The average molecular weight is 247 g/mol. The summed E-state index contributed by atoms with van der Waals surface area (Å²) in [5, 5.41) is 4.65. The molecule has 2 N–H and O–H groups in total. The molecule has 0 heterocycles. The molecule has 0 atom stereocenters. The van der Waals surface area contributed by atoms with E-state index in [4.69, 9.17) is 5.73 Å². The van der Waals surface area contributed by atoms with Gasteiger partial charge in [-0.3, -0.25) is 0 Å². The second-order valence-corrected chi connectivity index (χ2v) is 9.32. The van der Waals surface area contributed by atoms with Crippen molar-refractivity contribution in [1.29, 1.82) is 0 Å². The number of hydrogen-bond donors (Lipinski definition) is 1. The van der Waals surface area contributed by atoms with Gasteiger partial charge in [-0.25, -0.2) is 0 Å². The molecule has 1 nitrogen and oxygen atoms in total. The number of hydrogen-bond acceptors (Lipinski definition) is 1. The van der Waals surface area contributed by atoms with Crippen LogP contribution in [-0.2, 0) is 0 Å². The summed E-state index contributed by atoms with van der Waals surface area (Å²) in [6, 6.07) is 0. The molecule has 2 heteroatoms. The second-order valence-electron chi connectivity index (χ2n) is 3.69. The summed E-state index contributed by atoms with van der Waals surface area (Å²) in [6.07, 6.45) is 6.97. The van der Waals surface area contributed by atoms with Crippen LogP contribution >= 0.6 is 0 Å². The van der Waals surface area contributed by atoms with Crippen LogP contribution in [0.25, 0.3) is 0 Å². The van der Waals surface area contributed by atoms with Gasteiger partial charge in [-0.1, -0.05) is 0 Å². The molecule has 0 aromatic heterocycles. The predicted octanol–water partition coefficient (Wildman–Crippen LogP) is 3.43. The molecule has 0 spiro atoms. The van der Waals surface area contributed by atoms with Crippen LogP contribution in [0.4, 0.5) is 0 Å². The van der Waals surface area contributed by atoms with Gasteiger partial charge in [-0.15, -0.1) is 0 Å². The van der Waals surface area contributed by atoms with Gasteiger partial charge in [-0.05, 0) is 0 Å². The van der Waals surface area contributed by atoms with E-state index in [9.17, 15) is 0 Å². The standard InChI is InChI=1S/C11H26AsN/c1-3-5-8-12(9-6-4-2)10-7-11-13/h3-11,13H2,1-2H3. The minimum absolute atomic E-state index is 0.433. The summed E-state index contributed by atoms with van der Waals surface area (Å²) in [5.41, 5.74) is 5.56. The topological polar surface area (TPSA) is 26.0 Å². The van der Waals surface area contributed by atoms with Crippen molar-refractivity contribution >= 4 is 14.7 Å². The molecule has 0 fully saturated rings. The van der Waals surface area contributed by atoms with Gasteiger partial charge in [-0.2, -0.15) is 0 Å². The van der Waals surface area contributed by atoms with Crippen LogP contribution in [0.1, 0.15) is 46.0 Å². The Balaban J connectivity index is 3.47. The predicted molar refractivity (Wildman–Crippen MR) is 63.7 cm³/mol. The first-order valence-corrected chi connectivity index (χ1v) is 9.75. The Bertz CT molecular complexity index is 77.1. The molecule has 0 aliphatic heterocycles. The van der Waals surface area contributed by atoms with Crippen molar-refractivity contribution in [2.75, 3.05) is 6.54 Å². The van der Waals surface area contributed by atoms with E-state index in [1.807, 2.05) is 0 Å². The van der Waals surface area contributed by atoms with E-state index in [0.29, 0.717) is 0 Å². The number of unbranched alkanes of at least 4 members (excludes halogenated alkanes) is 2. The molecule has 0 saturated heterocycles. The van der Waals surface area contributed by atoms with Crippen molar-refractivity contribution in [3.8, 4) is 0 Å². The van der Waals surface area contributed by atoms with Crippen LogP contribution in [0.3, 0.4) is 0 Å². The molecular weight excluding hydrogens is 221 g/mol. The summed E-state index contributed by atoms with van der Waals surface area (Å²) >= 11 is -0.433. The third-order valence-corrected chi connectivity index (χ3v) is 8.31. The van der Waals surface area contributed by atoms with Gasteiger partial charge in [0.15, 0.2) is 0 Å². The van der Waals surface area contributed by atoms with Crippen molar-refractivity contribution in [2.24, 2.45) is 5.73 Å². The Morgan fingerprint density at radius 3 is 1.69 bits per heavy atom. The Morgan fingerprint density at radius 1 is 0.846 bits per heavy atom. The molecule has 0 aromatic rings. The molecule has 0 rings (SSSR count). The van der Waals surface area contributed by atoms with Gasteiger partial charge < -0.3 is 0 Å². The van der Waals surface area contributed by atoms with E-state index in [1.165, 1.54) is 37.3 Å². The third kappa shape index (κ3) is 8.84. The van der Waals surface area contributed by atoms with Gasteiger partial charge in [0.05, 0.1) is 0 Å². The summed E-state index contributed by atoms with van der Waals surface area (Å²) in [6.45, 7) is 5.51. The zero-order chi connectivity index (χ0) is 9.94. The number of rotatable bonds is 9. The molecule has 0 aliphatic rings. The Labute approximate surface area is 88.7 Å². The van der Waals surface area contributed by atoms with E-state index >= 15 is 0 Å². The molecular formula is C11H26AsN. The molecule has 0 aromatic carbocycles. The van der Waals surface area contributed by atoms with Crippen molar-refractivity contribution < 1.29 is 0 Å². The molecule has 0 saturated carbocycles. The van der Waals surface area contributed by atoms with Gasteiger partial charge in [0.25, 0.3) is 0 Å². The van der Waals surface area contributed by atoms with Gasteiger partial charge in [0.1, 0.15) is 0 Å². The molecule has 13 heavy (non-hydrogen) atoms. The normalized spacial score (nSPS) is 11.1. The van der Waals surface area contributed by atoms with Crippen molar-refractivity contribution in [3.63, 3.8) is 0 Å². The maximum absolute atomic E-state index is 5.56. The first kappa shape index (κ1) is 13.5. The summed E-state index contributed by atoms with van der Waals surface area (Å²) in [4.78, 5) is 0. The summed E-state index contributed by atoms with van der Waals surface area (Å²) in [7, 11) is 0. The summed E-state index contributed by atoms with van der Waals surface area (Å²) < 4.78 is 0. The van der Waals surface area contributed by atoms with E-state index in [-0.39, 0.29) is 0 Å². The molecule has 0 bridgehead atoms. The van der Waals surface area contributed by atoms with Crippen molar-refractivity contribution in [2.45, 2.75) is 61.6 Å². The molecule has 0 aliphatic carbocycles. The van der Waals surface area contributed by atoms with Crippen LogP contribution in [-0.4, -0.2) is 21.2 Å². The third-order valence-electron chi connectivity index (χ3n) is 2.33. The van der Waals surface area contributed by atoms with Crippen LogP contribution < -0.4 is 5.73 Å². The number of nitrogens with two attached hydrogens (primary N) is 1. The van der Waals surface area contributed by atoms with Gasteiger partial charge in [0.2, 0.25) is 0 Å². The zero-order valence-corrected chi connectivity index (χ0v) is 11.3. The minimum atomic E-state index is -0.433. The van der Waals surface area contributed by atoms with E-state index in [1.54, 1.807) is 10.4 Å². The van der Waals surface area contributed by atoms with Gasteiger partial charge in [0, 0.05) is 0 Å². The Kier molecular flexibility index (Phi) is 11.0. The van der Waals surface area contributed by atoms with Crippen LogP contribution in [0, 0.1) is 0 Å². The SMILES string of the molecule is CCCC[As](CCCC)CCCN. The van der Waals surface area contributed by atoms with Crippen LogP contribution in [0.5, 0.6) is 0 Å². The fraction of sp³-hybridized carbons (Fsp3) is 1.00. The fourth-order valence-corrected chi connectivity index (χ4v) is 7.35. The monoisotopic (exact) mass is 247 g/mol.